The van der Waals surface area contributed by atoms with Crippen molar-refractivity contribution in [1.29, 1.82) is 0 Å². The molecule has 1 aromatic carbocycles. The highest BCUT2D eigenvalue weighted by molar-refractivity contribution is 6.05. The molecule has 1 atom stereocenters. The second-order valence-electron chi connectivity index (χ2n) is 7.42. The summed E-state index contributed by atoms with van der Waals surface area (Å²) in [6, 6.07) is 10.0. The first-order valence-corrected chi connectivity index (χ1v) is 9.26. The first-order valence-electron chi connectivity index (χ1n) is 9.26. The predicted molar refractivity (Wildman–Crippen MR) is 98.0 cm³/mol. The zero-order valence-corrected chi connectivity index (χ0v) is 14.8. The molecule has 132 valence electrons. The summed E-state index contributed by atoms with van der Waals surface area (Å²) >= 11 is 0. The standard InChI is InChI=1S/C20H21N5O/c1-13-5-6-15-3-2-4-17(19(15)21-13)20(26)24-10-9-16(11-24)25-12-18(22-23-25)14-7-8-14/h2-6,12,14,16H,7-11H2,1H3. The lowest BCUT2D eigenvalue weighted by molar-refractivity contribution is 0.0788. The summed E-state index contributed by atoms with van der Waals surface area (Å²) in [5.41, 5.74) is 3.50. The van der Waals surface area contributed by atoms with Gasteiger partial charge < -0.3 is 4.90 Å². The molecule has 1 saturated heterocycles. The molecular formula is C20H21N5O. The van der Waals surface area contributed by atoms with Gasteiger partial charge in [-0.05, 0) is 38.3 Å². The van der Waals surface area contributed by atoms with Crippen LogP contribution in [0, 0.1) is 6.92 Å². The first-order chi connectivity index (χ1) is 12.7. The zero-order valence-electron chi connectivity index (χ0n) is 14.8. The molecule has 2 aromatic heterocycles. The van der Waals surface area contributed by atoms with E-state index in [2.05, 4.69) is 21.5 Å². The minimum absolute atomic E-state index is 0.0544. The second-order valence-corrected chi connectivity index (χ2v) is 7.42. The molecule has 26 heavy (non-hydrogen) atoms. The van der Waals surface area contributed by atoms with E-state index in [0.29, 0.717) is 18.0 Å². The van der Waals surface area contributed by atoms with Crippen LogP contribution in [0.25, 0.3) is 10.9 Å². The Kier molecular flexibility index (Phi) is 3.51. The molecule has 5 rings (SSSR count). The molecule has 0 spiro atoms. The van der Waals surface area contributed by atoms with Crippen LogP contribution < -0.4 is 0 Å². The maximum Gasteiger partial charge on any atom is 0.256 e. The second kappa shape index (κ2) is 5.90. The van der Waals surface area contributed by atoms with Gasteiger partial charge in [-0.15, -0.1) is 5.10 Å². The Balaban J connectivity index is 1.38. The van der Waals surface area contributed by atoms with Crippen molar-refractivity contribution in [2.45, 2.75) is 38.1 Å². The third kappa shape index (κ3) is 2.66. The Bertz CT molecular complexity index is 991. The van der Waals surface area contributed by atoms with Crippen LogP contribution in [-0.2, 0) is 0 Å². The summed E-state index contributed by atoms with van der Waals surface area (Å²) < 4.78 is 1.95. The van der Waals surface area contributed by atoms with Crippen molar-refractivity contribution >= 4 is 16.8 Å². The van der Waals surface area contributed by atoms with Crippen molar-refractivity contribution in [3.8, 4) is 0 Å². The van der Waals surface area contributed by atoms with Crippen LogP contribution in [0.3, 0.4) is 0 Å². The fraction of sp³-hybridized carbons (Fsp3) is 0.400. The van der Waals surface area contributed by atoms with Crippen molar-refractivity contribution in [3.63, 3.8) is 0 Å². The van der Waals surface area contributed by atoms with Gasteiger partial charge in [-0.2, -0.15) is 0 Å². The molecular weight excluding hydrogens is 326 g/mol. The molecule has 2 fully saturated rings. The number of carbonyl (C=O) groups excluding carboxylic acids is 1. The van der Waals surface area contributed by atoms with Gasteiger partial charge in [-0.1, -0.05) is 23.4 Å². The number of rotatable bonds is 3. The van der Waals surface area contributed by atoms with Crippen LogP contribution in [0.15, 0.2) is 36.5 Å². The van der Waals surface area contributed by atoms with Crippen LogP contribution in [0.5, 0.6) is 0 Å². The third-order valence-corrected chi connectivity index (χ3v) is 5.44. The Morgan fingerprint density at radius 2 is 2.04 bits per heavy atom. The maximum atomic E-state index is 13.1. The molecule has 1 aliphatic heterocycles. The number of aryl methyl sites for hydroxylation is 1. The number of aromatic nitrogens is 4. The average Bonchev–Trinajstić information content (AvgIpc) is 3.19. The lowest BCUT2D eigenvalue weighted by atomic mass is 10.1. The Hall–Kier alpha value is -2.76. The molecule has 6 heteroatoms. The molecule has 0 radical (unpaired) electrons. The van der Waals surface area contributed by atoms with E-state index in [-0.39, 0.29) is 11.9 Å². The monoisotopic (exact) mass is 347 g/mol. The number of likely N-dealkylation sites (tertiary alicyclic amines) is 1. The average molecular weight is 347 g/mol. The zero-order chi connectivity index (χ0) is 17.7. The van der Waals surface area contributed by atoms with E-state index in [1.807, 2.05) is 46.8 Å². The van der Waals surface area contributed by atoms with Crippen LogP contribution in [0.4, 0.5) is 0 Å². The molecule has 2 aliphatic rings. The number of para-hydroxylation sites is 1. The summed E-state index contributed by atoms with van der Waals surface area (Å²) in [5.74, 6) is 0.659. The van der Waals surface area contributed by atoms with Crippen LogP contribution >= 0.6 is 0 Å². The molecule has 0 bridgehead atoms. The lowest BCUT2D eigenvalue weighted by Crippen LogP contribution is -2.29. The fourth-order valence-corrected chi connectivity index (χ4v) is 3.76. The van der Waals surface area contributed by atoms with Crippen LogP contribution in [0.1, 0.15) is 53.0 Å². The topological polar surface area (TPSA) is 63.9 Å². The maximum absolute atomic E-state index is 13.1. The fourth-order valence-electron chi connectivity index (χ4n) is 3.76. The quantitative estimate of drug-likeness (QED) is 0.730. The van der Waals surface area contributed by atoms with Crippen molar-refractivity contribution in [1.82, 2.24) is 24.9 Å². The van der Waals surface area contributed by atoms with E-state index >= 15 is 0 Å². The molecule has 1 unspecified atom stereocenters. The van der Waals surface area contributed by atoms with Gasteiger partial charge in [0.05, 0.1) is 22.8 Å². The number of amides is 1. The normalized spacial score (nSPS) is 20.0. The first kappa shape index (κ1) is 15.5. The van der Waals surface area contributed by atoms with E-state index in [9.17, 15) is 4.79 Å². The highest BCUT2D eigenvalue weighted by Crippen LogP contribution is 2.39. The predicted octanol–water partition coefficient (Wildman–Crippen LogP) is 3.10. The molecule has 1 saturated carbocycles. The smallest absolute Gasteiger partial charge is 0.256 e. The number of benzene rings is 1. The number of fused-ring (bicyclic) bond motifs is 1. The van der Waals surface area contributed by atoms with E-state index in [0.717, 1.165) is 35.3 Å². The largest absolute Gasteiger partial charge is 0.336 e. The highest BCUT2D eigenvalue weighted by atomic mass is 16.2. The minimum atomic E-state index is 0.0544. The third-order valence-electron chi connectivity index (χ3n) is 5.44. The Morgan fingerprint density at radius 1 is 1.15 bits per heavy atom. The number of carbonyl (C=O) groups is 1. The summed E-state index contributed by atoms with van der Waals surface area (Å²) in [6.07, 6.45) is 5.43. The van der Waals surface area contributed by atoms with Gasteiger partial charge in [-0.3, -0.25) is 9.78 Å². The van der Waals surface area contributed by atoms with Gasteiger partial charge in [0, 0.05) is 36.3 Å². The number of pyridine rings is 1. The van der Waals surface area contributed by atoms with Gasteiger partial charge in [0.2, 0.25) is 0 Å². The highest BCUT2D eigenvalue weighted by Gasteiger charge is 2.32. The van der Waals surface area contributed by atoms with Crippen molar-refractivity contribution in [2.75, 3.05) is 13.1 Å². The van der Waals surface area contributed by atoms with Gasteiger partial charge in [0.25, 0.3) is 5.91 Å². The SMILES string of the molecule is Cc1ccc2cccc(C(=O)N3CCC(n4cc(C5CC5)nn4)C3)c2n1. The molecule has 0 N–H and O–H groups in total. The lowest BCUT2D eigenvalue weighted by Gasteiger charge is -2.17. The van der Waals surface area contributed by atoms with E-state index in [1.165, 1.54) is 12.8 Å². The van der Waals surface area contributed by atoms with Crippen molar-refractivity contribution in [3.05, 3.63) is 53.5 Å². The van der Waals surface area contributed by atoms with E-state index in [1.54, 1.807) is 0 Å². The summed E-state index contributed by atoms with van der Waals surface area (Å²) in [4.78, 5) is 19.6. The number of hydrogen-bond donors (Lipinski definition) is 0. The molecule has 3 heterocycles. The molecule has 6 nitrogen and oxygen atoms in total. The summed E-state index contributed by atoms with van der Waals surface area (Å²) in [6.45, 7) is 3.37. The van der Waals surface area contributed by atoms with Crippen LogP contribution in [0.2, 0.25) is 0 Å². The molecule has 1 aliphatic carbocycles. The van der Waals surface area contributed by atoms with Crippen molar-refractivity contribution in [2.24, 2.45) is 0 Å². The molecule has 3 aromatic rings. The molecule has 1 amide bonds. The Labute approximate surface area is 151 Å². The van der Waals surface area contributed by atoms with Gasteiger partial charge in [0.15, 0.2) is 0 Å². The number of hydrogen-bond acceptors (Lipinski definition) is 4. The van der Waals surface area contributed by atoms with Crippen LogP contribution in [-0.4, -0.2) is 43.9 Å². The summed E-state index contributed by atoms with van der Waals surface area (Å²) in [5, 5.41) is 9.61. The summed E-state index contributed by atoms with van der Waals surface area (Å²) in [7, 11) is 0. The Morgan fingerprint density at radius 3 is 2.88 bits per heavy atom. The van der Waals surface area contributed by atoms with Crippen molar-refractivity contribution < 1.29 is 4.79 Å². The number of nitrogens with zero attached hydrogens (tertiary/aromatic N) is 5. The minimum Gasteiger partial charge on any atom is -0.336 e. The van der Waals surface area contributed by atoms with E-state index in [4.69, 9.17) is 0 Å². The van der Waals surface area contributed by atoms with Gasteiger partial charge in [-0.25, -0.2) is 4.68 Å². The van der Waals surface area contributed by atoms with Gasteiger partial charge >= 0.3 is 0 Å². The van der Waals surface area contributed by atoms with Gasteiger partial charge in [0.1, 0.15) is 0 Å². The van der Waals surface area contributed by atoms with E-state index < -0.39 is 0 Å².